The number of carbonyl (C=O) groups is 7. The fourth-order valence-electron chi connectivity index (χ4n) is 5.82. The molecule has 1 aromatic rings. The number of nitrogens with zero attached hydrogens (tertiary/aromatic N) is 1. The molecule has 4 amide bonds. The third-order valence-electron chi connectivity index (χ3n) is 7.48. The van der Waals surface area contributed by atoms with Crippen molar-refractivity contribution in [2.24, 2.45) is 29.4 Å². The molecule has 3 aliphatic carbocycles. The van der Waals surface area contributed by atoms with E-state index in [1.165, 1.54) is 6.07 Å². The Morgan fingerprint density at radius 2 is 1.82 bits per heavy atom. The van der Waals surface area contributed by atoms with Crippen molar-refractivity contribution in [1.29, 1.82) is 0 Å². The molecular weight excluding hydrogens is 524 g/mol. The fourth-order valence-corrected chi connectivity index (χ4v) is 5.89. The number of amides is 4. The monoisotopic (exact) mass is 548 g/mol. The summed E-state index contributed by atoms with van der Waals surface area (Å²) in [6.45, 7) is 0. The van der Waals surface area contributed by atoms with Crippen molar-refractivity contribution < 1.29 is 43.8 Å². The predicted octanol–water partition coefficient (Wildman–Crippen LogP) is -0.720. The number of fused-ring (bicyclic) bond motifs is 3. The lowest BCUT2D eigenvalue weighted by Crippen LogP contribution is -2.68. The maximum absolute atomic E-state index is 13.7. The van der Waals surface area contributed by atoms with Crippen LogP contribution in [0.1, 0.15) is 28.8 Å². The first-order valence-corrected chi connectivity index (χ1v) is 12.2. The highest BCUT2D eigenvalue weighted by molar-refractivity contribution is 6.32. The molecule has 0 heterocycles. The second-order valence-electron chi connectivity index (χ2n) is 9.92. The first kappa shape index (κ1) is 27.2. The molecule has 6 N–H and O–H groups in total. The van der Waals surface area contributed by atoms with E-state index < -0.39 is 88.3 Å². The van der Waals surface area contributed by atoms with Gasteiger partial charge in [0.1, 0.15) is 11.6 Å². The minimum atomic E-state index is -2.76. The number of phenolic OH excluding ortho intramolecular Hbond substituents is 1. The van der Waals surface area contributed by atoms with Gasteiger partial charge >= 0.3 is 6.03 Å². The quantitative estimate of drug-likeness (QED) is 0.181. The number of alkyl halides is 1. The molecule has 38 heavy (non-hydrogen) atoms. The number of anilines is 2. The zero-order valence-electron chi connectivity index (χ0n) is 20.4. The summed E-state index contributed by atoms with van der Waals surface area (Å²) >= 11 is 5.38. The molecule has 14 heteroatoms. The first-order chi connectivity index (χ1) is 17.7. The largest absolute Gasteiger partial charge is 0.505 e. The number of Topliss-reactive ketones (excluding diaryl/α,β-unsaturated/α-hetero) is 4. The van der Waals surface area contributed by atoms with Crippen molar-refractivity contribution in [3.63, 3.8) is 0 Å². The number of hydrogen-bond acceptors (Lipinski definition) is 10. The average Bonchev–Trinajstić information content (AvgIpc) is 2.82. The zero-order chi connectivity index (χ0) is 28.3. The summed E-state index contributed by atoms with van der Waals surface area (Å²) in [7, 11) is 3.30. The normalized spacial score (nSPS) is 28.1. The smallest absolute Gasteiger partial charge is 0.326 e. The third-order valence-corrected chi connectivity index (χ3v) is 7.73. The van der Waals surface area contributed by atoms with Crippen molar-refractivity contribution in [3.8, 4) is 5.75 Å². The molecule has 0 spiro atoms. The highest BCUT2D eigenvalue weighted by Gasteiger charge is 2.66. The number of primary amides is 1. The number of urea groups is 1. The van der Waals surface area contributed by atoms with E-state index in [-0.39, 0.29) is 24.1 Å². The molecule has 1 aromatic carbocycles. The Morgan fingerprint density at radius 1 is 1.16 bits per heavy atom. The summed E-state index contributed by atoms with van der Waals surface area (Å²) in [5.41, 5.74) is 2.66. The number of rotatable bonds is 4. The molecule has 2 saturated carbocycles. The Balaban J connectivity index is 1.79. The molecular formula is C24H25ClN4O9. The Bertz CT molecular complexity index is 1330. The minimum absolute atomic E-state index is 0.0440. The van der Waals surface area contributed by atoms with Gasteiger partial charge in [0.2, 0.25) is 11.8 Å². The van der Waals surface area contributed by atoms with Gasteiger partial charge in [0.25, 0.3) is 0 Å². The number of carbonyl (C=O) groups excluding carboxylic acids is 7. The topological polar surface area (TPSA) is 213 Å². The molecule has 0 saturated heterocycles. The van der Waals surface area contributed by atoms with Crippen LogP contribution in [-0.2, 0) is 30.4 Å². The van der Waals surface area contributed by atoms with Gasteiger partial charge in [-0.15, -0.1) is 11.6 Å². The molecule has 13 nitrogen and oxygen atoms in total. The highest BCUT2D eigenvalue weighted by atomic mass is 35.5. The van der Waals surface area contributed by atoms with E-state index in [4.69, 9.17) is 17.3 Å². The molecule has 0 bridgehead atoms. The van der Waals surface area contributed by atoms with Gasteiger partial charge < -0.3 is 26.2 Å². The fraction of sp³-hybridized carbons (Fsp3) is 0.458. The van der Waals surface area contributed by atoms with Crippen LogP contribution in [0.4, 0.5) is 16.2 Å². The van der Waals surface area contributed by atoms with Crippen molar-refractivity contribution in [2.45, 2.75) is 24.9 Å². The SMILES string of the molecule is CN(C)c1cc(NC(=O)NC(=O)CCl)c(O)c2c1C[C@H]1C[C@H]3CC(=O)C(C(N)=O)C(=O)[C@@]3(O)C(=O)C1C2=O. The van der Waals surface area contributed by atoms with Crippen LogP contribution in [0.25, 0.3) is 0 Å². The number of hydrogen-bond donors (Lipinski definition) is 5. The summed E-state index contributed by atoms with van der Waals surface area (Å²) in [6.07, 6.45) is -0.405. The molecule has 2 unspecified atom stereocenters. The van der Waals surface area contributed by atoms with E-state index in [9.17, 15) is 43.8 Å². The lowest BCUT2D eigenvalue weighted by molar-refractivity contribution is -0.175. The van der Waals surface area contributed by atoms with E-state index in [1.54, 1.807) is 19.0 Å². The standard InChI is InChI=1S/C24H25ClN4O9/c1-29(2)12-6-11(27-23(37)28-14(31)7-25)18(32)16-10(12)4-8-3-9-5-13(30)17(22(26)36)21(35)24(9,38)20(34)15(8)19(16)33/h6,8-9,15,17,32,38H,3-5,7H2,1-2H3,(H2,26,36)(H2,27,28,31,37)/t8-,9+,15?,17?,24+/m1/s1. The van der Waals surface area contributed by atoms with E-state index in [0.29, 0.717) is 11.3 Å². The molecule has 202 valence electrons. The van der Waals surface area contributed by atoms with Gasteiger partial charge in [-0.1, -0.05) is 0 Å². The van der Waals surface area contributed by atoms with E-state index >= 15 is 0 Å². The number of benzene rings is 1. The van der Waals surface area contributed by atoms with Gasteiger partial charge in [-0.25, -0.2) is 4.79 Å². The summed E-state index contributed by atoms with van der Waals surface area (Å²) in [6, 6.07) is 0.358. The van der Waals surface area contributed by atoms with Crippen LogP contribution >= 0.6 is 11.6 Å². The summed E-state index contributed by atoms with van der Waals surface area (Å²) in [5.74, 6) is -12.9. The number of imide groups is 1. The average molecular weight is 549 g/mol. The second-order valence-corrected chi connectivity index (χ2v) is 10.2. The molecule has 3 aliphatic rings. The van der Waals surface area contributed by atoms with Crippen LogP contribution in [0.3, 0.4) is 0 Å². The maximum Gasteiger partial charge on any atom is 0.326 e. The number of aliphatic hydroxyl groups is 1. The molecule has 0 aliphatic heterocycles. The first-order valence-electron chi connectivity index (χ1n) is 11.6. The van der Waals surface area contributed by atoms with Gasteiger partial charge in [0.15, 0.2) is 34.7 Å². The summed E-state index contributed by atoms with van der Waals surface area (Å²) in [4.78, 5) is 89.8. The number of nitrogens with one attached hydrogen (secondary N) is 2. The number of halogens is 1. The Labute approximate surface area is 220 Å². The maximum atomic E-state index is 13.7. The van der Waals surface area contributed by atoms with Crippen LogP contribution in [0.5, 0.6) is 5.75 Å². The minimum Gasteiger partial charge on any atom is -0.505 e. The number of aromatic hydroxyl groups is 1. The van der Waals surface area contributed by atoms with Gasteiger partial charge in [-0.3, -0.25) is 34.1 Å². The van der Waals surface area contributed by atoms with Crippen LogP contribution in [0.15, 0.2) is 6.07 Å². The van der Waals surface area contributed by atoms with Crippen molar-refractivity contribution in [1.82, 2.24) is 5.32 Å². The van der Waals surface area contributed by atoms with Crippen LogP contribution in [0.2, 0.25) is 0 Å². The Morgan fingerprint density at radius 3 is 2.39 bits per heavy atom. The van der Waals surface area contributed by atoms with Gasteiger partial charge in [0.05, 0.1) is 17.2 Å². The number of nitrogens with two attached hydrogens (primary N) is 1. The van der Waals surface area contributed by atoms with Crippen molar-refractivity contribution >= 4 is 64.0 Å². The predicted molar refractivity (Wildman–Crippen MR) is 131 cm³/mol. The second kappa shape index (κ2) is 9.48. The lowest BCUT2D eigenvalue weighted by Gasteiger charge is -2.48. The van der Waals surface area contributed by atoms with Crippen LogP contribution < -0.4 is 21.3 Å². The number of ketones is 4. The van der Waals surface area contributed by atoms with Crippen LogP contribution in [-0.4, -0.2) is 76.8 Å². The summed E-state index contributed by atoms with van der Waals surface area (Å²) < 4.78 is 0. The van der Waals surface area contributed by atoms with Crippen LogP contribution in [0, 0.1) is 23.7 Å². The van der Waals surface area contributed by atoms with Crippen molar-refractivity contribution in [3.05, 3.63) is 17.2 Å². The lowest BCUT2D eigenvalue weighted by atomic mass is 9.53. The van der Waals surface area contributed by atoms with E-state index in [0.717, 1.165) is 0 Å². The molecule has 0 aromatic heterocycles. The van der Waals surface area contributed by atoms with E-state index in [2.05, 4.69) is 5.32 Å². The number of phenols is 1. The van der Waals surface area contributed by atoms with E-state index in [1.807, 2.05) is 5.32 Å². The molecule has 0 radical (unpaired) electrons. The Kier molecular flexibility index (Phi) is 6.78. The van der Waals surface area contributed by atoms with Gasteiger partial charge in [-0.2, -0.15) is 0 Å². The Hall–Kier alpha value is -3.84. The summed E-state index contributed by atoms with van der Waals surface area (Å²) in [5, 5.41) is 26.5. The zero-order valence-corrected chi connectivity index (χ0v) is 21.1. The molecule has 5 atom stereocenters. The highest BCUT2D eigenvalue weighted by Crippen LogP contribution is 2.52. The molecule has 2 fully saturated rings. The van der Waals surface area contributed by atoms with Gasteiger partial charge in [-0.05, 0) is 30.4 Å². The van der Waals surface area contributed by atoms with Gasteiger partial charge in [0, 0.05) is 32.1 Å². The van der Waals surface area contributed by atoms with Crippen molar-refractivity contribution in [2.75, 3.05) is 30.2 Å². The molecule has 4 rings (SSSR count). The third kappa shape index (κ3) is 4.02.